The number of aromatic carboxylic acids is 1. The molecule has 4 nitrogen and oxygen atoms in total. The molecule has 1 aromatic heterocycles. The highest BCUT2D eigenvalue weighted by molar-refractivity contribution is 5.96. The number of nitrogens with zero attached hydrogens (tertiary/aromatic N) is 2. The Labute approximate surface area is 176 Å². The Hall–Kier alpha value is -3.53. The minimum absolute atomic E-state index is 0.320. The molecule has 3 aromatic carbocycles. The van der Waals surface area contributed by atoms with E-state index in [1.54, 1.807) is 6.07 Å². The van der Waals surface area contributed by atoms with Gasteiger partial charge in [-0.3, -0.25) is 0 Å². The molecule has 1 heterocycles. The van der Waals surface area contributed by atoms with Gasteiger partial charge in [-0.25, -0.2) is 4.79 Å². The molecule has 0 saturated carbocycles. The van der Waals surface area contributed by atoms with Crippen molar-refractivity contribution < 1.29 is 9.90 Å². The van der Waals surface area contributed by atoms with Gasteiger partial charge in [0.25, 0.3) is 0 Å². The lowest BCUT2D eigenvalue weighted by atomic mass is 9.93. The summed E-state index contributed by atoms with van der Waals surface area (Å²) in [6.07, 6.45) is 3.64. The Morgan fingerprint density at radius 3 is 2.47 bits per heavy atom. The minimum atomic E-state index is -0.917. The van der Waals surface area contributed by atoms with Crippen molar-refractivity contribution >= 4 is 16.9 Å². The van der Waals surface area contributed by atoms with E-state index < -0.39 is 5.97 Å². The number of hydrogen-bond donors (Lipinski definition) is 1. The normalized spacial score (nSPS) is 11.0. The maximum Gasteiger partial charge on any atom is 0.336 e. The van der Waals surface area contributed by atoms with Crippen LogP contribution in [0.15, 0.2) is 72.8 Å². The third-order valence-electron chi connectivity index (χ3n) is 5.40. The van der Waals surface area contributed by atoms with E-state index in [-0.39, 0.29) is 0 Å². The number of carboxylic acid groups (broad SMARTS) is 1. The van der Waals surface area contributed by atoms with Gasteiger partial charge >= 0.3 is 5.97 Å². The van der Waals surface area contributed by atoms with Crippen LogP contribution in [0, 0.1) is 0 Å². The fraction of sp³-hybridized carbons (Fsp3) is 0.192. The highest BCUT2D eigenvalue weighted by Crippen LogP contribution is 2.28. The van der Waals surface area contributed by atoms with Gasteiger partial charge in [0.15, 0.2) is 0 Å². The summed E-state index contributed by atoms with van der Waals surface area (Å²) in [5.41, 5.74) is 5.92. The van der Waals surface area contributed by atoms with E-state index in [0.29, 0.717) is 12.0 Å². The molecule has 0 saturated heterocycles. The van der Waals surface area contributed by atoms with Crippen molar-refractivity contribution in [1.82, 2.24) is 10.2 Å². The molecule has 150 valence electrons. The third kappa shape index (κ3) is 4.08. The van der Waals surface area contributed by atoms with Gasteiger partial charge < -0.3 is 5.11 Å². The van der Waals surface area contributed by atoms with Crippen LogP contribution in [0.1, 0.15) is 46.9 Å². The molecule has 1 N–H and O–H groups in total. The number of aryl methyl sites for hydroxylation is 1. The van der Waals surface area contributed by atoms with Crippen LogP contribution < -0.4 is 0 Å². The van der Waals surface area contributed by atoms with Gasteiger partial charge in [-0.15, -0.1) is 0 Å². The van der Waals surface area contributed by atoms with Crippen LogP contribution in [0.3, 0.4) is 0 Å². The molecule has 0 aliphatic heterocycles. The van der Waals surface area contributed by atoms with Crippen LogP contribution in [-0.2, 0) is 12.8 Å². The lowest BCUT2D eigenvalue weighted by Gasteiger charge is -2.13. The van der Waals surface area contributed by atoms with E-state index in [0.717, 1.165) is 58.1 Å². The number of carboxylic acids is 1. The lowest BCUT2D eigenvalue weighted by molar-refractivity contribution is 0.0697. The van der Waals surface area contributed by atoms with Gasteiger partial charge in [-0.05, 0) is 47.2 Å². The summed E-state index contributed by atoms with van der Waals surface area (Å²) in [7, 11) is 0. The number of rotatable bonds is 7. The maximum absolute atomic E-state index is 12.0. The van der Waals surface area contributed by atoms with Gasteiger partial charge in [-0.1, -0.05) is 74.0 Å². The van der Waals surface area contributed by atoms with Gasteiger partial charge in [0, 0.05) is 11.8 Å². The molecule has 0 radical (unpaired) electrons. The second-order valence-electron chi connectivity index (χ2n) is 7.47. The Bertz CT molecular complexity index is 1190. The Kier molecular flexibility index (Phi) is 5.84. The Balaban J connectivity index is 1.78. The number of hydrogen-bond acceptors (Lipinski definition) is 3. The fourth-order valence-corrected chi connectivity index (χ4v) is 3.84. The highest BCUT2D eigenvalue weighted by atomic mass is 16.4. The highest BCUT2D eigenvalue weighted by Gasteiger charge is 2.15. The van der Waals surface area contributed by atoms with Crippen molar-refractivity contribution in [1.29, 1.82) is 0 Å². The van der Waals surface area contributed by atoms with Crippen LogP contribution in [-0.4, -0.2) is 21.3 Å². The van der Waals surface area contributed by atoms with Crippen molar-refractivity contribution in [2.45, 2.75) is 32.6 Å². The van der Waals surface area contributed by atoms with E-state index in [2.05, 4.69) is 23.2 Å². The monoisotopic (exact) mass is 396 g/mol. The van der Waals surface area contributed by atoms with Crippen LogP contribution in [0.5, 0.6) is 0 Å². The summed E-state index contributed by atoms with van der Waals surface area (Å²) in [4.78, 5) is 12.0. The zero-order valence-electron chi connectivity index (χ0n) is 17.0. The van der Waals surface area contributed by atoms with E-state index in [4.69, 9.17) is 0 Å². The largest absolute Gasteiger partial charge is 0.478 e. The van der Waals surface area contributed by atoms with Crippen molar-refractivity contribution in [3.8, 4) is 11.1 Å². The fourth-order valence-electron chi connectivity index (χ4n) is 3.84. The van der Waals surface area contributed by atoms with Crippen molar-refractivity contribution in [2.75, 3.05) is 0 Å². The van der Waals surface area contributed by atoms with Crippen LogP contribution in [0.2, 0.25) is 0 Å². The molecule has 0 spiro atoms. The first-order valence-electron chi connectivity index (χ1n) is 10.3. The van der Waals surface area contributed by atoms with Gasteiger partial charge in [0.1, 0.15) is 0 Å². The predicted molar refractivity (Wildman–Crippen MR) is 120 cm³/mol. The topological polar surface area (TPSA) is 63.1 Å². The summed E-state index contributed by atoms with van der Waals surface area (Å²) < 4.78 is 0. The molecule has 0 unspecified atom stereocenters. The summed E-state index contributed by atoms with van der Waals surface area (Å²) >= 11 is 0. The molecule has 4 rings (SSSR count). The first-order valence-corrected chi connectivity index (χ1v) is 10.3. The molecular weight excluding hydrogens is 372 g/mol. The van der Waals surface area contributed by atoms with Crippen molar-refractivity contribution in [2.24, 2.45) is 0 Å². The van der Waals surface area contributed by atoms with E-state index in [9.17, 15) is 9.90 Å². The van der Waals surface area contributed by atoms with E-state index in [1.807, 2.05) is 60.7 Å². The Morgan fingerprint density at radius 1 is 0.933 bits per heavy atom. The molecule has 0 aliphatic rings. The number of benzene rings is 3. The molecular formula is C26H24N2O2. The molecule has 0 amide bonds. The first-order chi connectivity index (χ1) is 14.7. The van der Waals surface area contributed by atoms with Crippen LogP contribution >= 0.6 is 0 Å². The predicted octanol–water partition coefficient (Wildman–Crippen LogP) is 5.93. The number of unbranched alkanes of at least 4 members (excludes halogenated alkanes) is 1. The first kappa shape index (κ1) is 19.8. The van der Waals surface area contributed by atoms with Gasteiger partial charge in [0.2, 0.25) is 0 Å². The van der Waals surface area contributed by atoms with Crippen LogP contribution in [0.25, 0.3) is 22.0 Å². The van der Waals surface area contributed by atoms with E-state index >= 15 is 0 Å². The Morgan fingerprint density at radius 2 is 1.70 bits per heavy atom. The molecule has 0 aliphatic carbocycles. The smallest absolute Gasteiger partial charge is 0.336 e. The molecule has 0 atom stereocenters. The minimum Gasteiger partial charge on any atom is -0.478 e. The average molecular weight is 396 g/mol. The van der Waals surface area contributed by atoms with E-state index in [1.165, 1.54) is 0 Å². The van der Waals surface area contributed by atoms with Gasteiger partial charge in [-0.2, -0.15) is 10.2 Å². The second-order valence-corrected chi connectivity index (χ2v) is 7.47. The summed E-state index contributed by atoms with van der Waals surface area (Å²) in [5, 5.41) is 19.8. The second kappa shape index (κ2) is 8.87. The number of fused-ring (bicyclic) bond motifs is 1. The molecule has 0 fully saturated rings. The molecule has 0 bridgehead atoms. The summed E-state index contributed by atoms with van der Waals surface area (Å²) in [6.45, 7) is 2.16. The molecule has 4 aromatic rings. The lowest BCUT2D eigenvalue weighted by Crippen LogP contribution is -2.05. The third-order valence-corrected chi connectivity index (χ3v) is 5.40. The molecule has 30 heavy (non-hydrogen) atoms. The maximum atomic E-state index is 12.0. The zero-order chi connectivity index (χ0) is 20.9. The number of aromatic nitrogens is 2. The standard InChI is InChI=1S/C26H24N2O2/c1-2-3-12-25-22(21-11-7-8-13-24(21)27-28-25)16-18-14-15-20(23(17-18)26(29)30)19-9-5-4-6-10-19/h4-11,13-15,17H,2-3,12,16H2,1H3,(H,29,30). The average Bonchev–Trinajstić information content (AvgIpc) is 2.79. The SMILES string of the molecule is CCCCc1nnc2ccccc2c1Cc1ccc(-c2ccccc2)c(C(=O)O)c1. The molecule has 4 heteroatoms. The number of carbonyl (C=O) groups is 1. The zero-order valence-corrected chi connectivity index (χ0v) is 17.0. The van der Waals surface area contributed by atoms with Crippen LogP contribution in [0.4, 0.5) is 0 Å². The summed E-state index contributed by atoms with van der Waals surface area (Å²) in [6, 6.07) is 23.4. The quantitative estimate of drug-likeness (QED) is 0.421. The van der Waals surface area contributed by atoms with Crippen molar-refractivity contribution in [3.05, 3.63) is 95.2 Å². The van der Waals surface area contributed by atoms with Gasteiger partial charge in [0.05, 0.1) is 16.8 Å². The summed E-state index contributed by atoms with van der Waals surface area (Å²) in [5.74, 6) is -0.917. The van der Waals surface area contributed by atoms with Crippen molar-refractivity contribution in [3.63, 3.8) is 0 Å².